The summed E-state index contributed by atoms with van der Waals surface area (Å²) in [6.45, 7) is 0. The van der Waals surface area contributed by atoms with Gasteiger partial charge in [-0.3, -0.25) is 0 Å². The summed E-state index contributed by atoms with van der Waals surface area (Å²) in [6, 6.07) is 16.7. The van der Waals surface area contributed by atoms with Crippen molar-refractivity contribution in [2.75, 3.05) is 0 Å². The highest BCUT2D eigenvalue weighted by atomic mass is 19.2. The number of nitrogens with one attached hydrogen (secondary N) is 2. The average Bonchev–Trinajstić information content (AvgIpc) is 4.12. The maximum atomic E-state index is 15.8. The van der Waals surface area contributed by atoms with E-state index in [1.807, 2.05) is 0 Å². The van der Waals surface area contributed by atoms with Gasteiger partial charge in [0.2, 0.25) is 34.7 Å². The zero-order chi connectivity index (χ0) is 43.5. The van der Waals surface area contributed by atoms with Gasteiger partial charge in [0.05, 0.1) is 55.1 Å². The molecule has 6 heterocycles. The molecule has 10 nitrogen and oxygen atoms in total. The summed E-state index contributed by atoms with van der Waals surface area (Å²) in [5.74, 6) is -19.1. The first kappa shape index (κ1) is 38.0. The maximum Gasteiger partial charge on any atom is 0.335 e. The summed E-state index contributed by atoms with van der Waals surface area (Å²) in [7, 11) is 0. The van der Waals surface area contributed by atoms with Gasteiger partial charge in [0.25, 0.3) is 0 Å². The van der Waals surface area contributed by atoms with Crippen molar-refractivity contribution in [3.8, 4) is 22.3 Å². The standard InChI is InChI=1S/C44H18F8N4O6/c45-31-29-27-23-13-11-21(54-23)25(15-1-5-17(6-2-15)43(57)58)19-9-10-20(53-19)26(16-3-7-18(8-4-16)44(59)60)22-12-14-24(55-22)28-30-32(46)34(48)36(50)38(52)40(30)62-42(28)56-41(27)61-39(29)37(51)35(49)33(31)47/h1-14,54-55H,(H,57,58)(H,59,60). The fraction of sp³-hybridized carbons (Fsp3) is 0. The summed E-state index contributed by atoms with van der Waals surface area (Å²) < 4.78 is 133. The normalized spacial score (nSPS) is 12.1. The first-order valence-corrected chi connectivity index (χ1v) is 18.0. The number of aromatic nitrogens is 4. The molecule has 0 atom stereocenters. The molecule has 0 saturated carbocycles. The molecular formula is C44H18F8N4O6. The molecule has 0 unspecified atom stereocenters. The number of fused-ring (bicyclic) bond motifs is 14. The highest BCUT2D eigenvalue weighted by Gasteiger charge is 2.30. The zero-order valence-corrected chi connectivity index (χ0v) is 30.5. The van der Waals surface area contributed by atoms with Crippen LogP contribution in [0.2, 0.25) is 0 Å². The van der Waals surface area contributed by atoms with Gasteiger partial charge in [-0.15, -0.1) is 0 Å². The number of hydrogen-bond donors (Lipinski definition) is 4. The number of H-pyrrole nitrogens is 2. The maximum absolute atomic E-state index is 15.8. The second-order valence-electron chi connectivity index (χ2n) is 13.9. The molecule has 1 aliphatic rings. The van der Waals surface area contributed by atoms with Crippen molar-refractivity contribution in [3.63, 3.8) is 0 Å². The number of aromatic amines is 2. The van der Waals surface area contributed by atoms with Crippen molar-refractivity contribution < 1.29 is 63.8 Å². The van der Waals surface area contributed by atoms with Crippen molar-refractivity contribution >= 4 is 90.3 Å². The minimum Gasteiger partial charge on any atom is -0.478 e. The Hall–Kier alpha value is -8.28. The lowest BCUT2D eigenvalue weighted by Crippen LogP contribution is -1.96. The van der Waals surface area contributed by atoms with Crippen LogP contribution in [0.1, 0.15) is 32.1 Å². The number of halogens is 8. The predicted octanol–water partition coefficient (Wildman–Crippen LogP) is 11.8. The van der Waals surface area contributed by atoms with Crippen LogP contribution in [0, 0.1) is 46.5 Å². The summed E-state index contributed by atoms with van der Waals surface area (Å²) in [5, 5.41) is 16.1. The van der Waals surface area contributed by atoms with Crippen LogP contribution in [0.4, 0.5) is 35.1 Å². The van der Waals surface area contributed by atoms with Crippen molar-refractivity contribution in [3.05, 3.63) is 142 Å². The van der Waals surface area contributed by atoms with E-state index in [1.165, 1.54) is 72.8 Å². The lowest BCUT2D eigenvalue weighted by Gasteiger charge is -2.06. The van der Waals surface area contributed by atoms with Gasteiger partial charge in [0.1, 0.15) is 0 Å². The van der Waals surface area contributed by atoms with Crippen LogP contribution in [0.25, 0.3) is 101 Å². The van der Waals surface area contributed by atoms with E-state index in [1.54, 1.807) is 12.2 Å². The Morgan fingerprint density at radius 3 is 1.16 bits per heavy atom. The number of benzene rings is 4. The number of aromatic carboxylic acids is 2. The van der Waals surface area contributed by atoms with Gasteiger partial charge in [0, 0.05) is 22.2 Å². The Balaban J connectivity index is 1.47. The number of carboxylic acid groups (broad SMARTS) is 2. The third-order valence-corrected chi connectivity index (χ3v) is 10.4. The number of carboxylic acids is 2. The summed E-state index contributed by atoms with van der Waals surface area (Å²) in [6.07, 6.45) is 3.17. The van der Waals surface area contributed by atoms with Crippen molar-refractivity contribution in [1.82, 2.24) is 19.9 Å². The molecule has 0 radical (unpaired) electrons. The Kier molecular flexibility index (Phi) is 8.34. The van der Waals surface area contributed by atoms with Gasteiger partial charge in [-0.25, -0.2) is 40.9 Å². The molecule has 0 saturated heterocycles. The van der Waals surface area contributed by atoms with Gasteiger partial charge < -0.3 is 29.0 Å². The molecule has 62 heavy (non-hydrogen) atoms. The summed E-state index contributed by atoms with van der Waals surface area (Å²) in [4.78, 5) is 38.6. The van der Waals surface area contributed by atoms with E-state index in [9.17, 15) is 37.4 Å². The lowest BCUT2D eigenvalue weighted by atomic mass is 10.0. The van der Waals surface area contributed by atoms with Crippen LogP contribution >= 0.6 is 0 Å². The van der Waals surface area contributed by atoms with Gasteiger partial charge in [0.15, 0.2) is 34.4 Å². The van der Waals surface area contributed by atoms with Crippen LogP contribution in [-0.4, -0.2) is 42.1 Å². The molecule has 18 heteroatoms. The molecule has 0 aliphatic carbocycles. The molecule has 1 aliphatic heterocycles. The van der Waals surface area contributed by atoms with E-state index in [0.29, 0.717) is 22.3 Å². The molecule has 0 spiro atoms. The van der Waals surface area contributed by atoms with E-state index in [2.05, 4.69) is 15.0 Å². The van der Waals surface area contributed by atoms with Crippen LogP contribution < -0.4 is 0 Å². The van der Waals surface area contributed by atoms with E-state index < -0.39 is 103 Å². The molecule has 4 aromatic carbocycles. The Labute approximate surface area is 337 Å². The van der Waals surface area contributed by atoms with Gasteiger partial charge in [-0.1, -0.05) is 24.3 Å². The Morgan fingerprint density at radius 1 is 0.435 bits per heavy atom. The second kappa shape index (κ2) is 13.6. The van der Waals surface area contributed by atoms with Crippen molar-refractivity contribution in [1.29, 1.82) is 0 Å². The van der Waals surface area contributed by atoms with E-state index in [4.69, 9.17) is 13.8 Å². The third kappa shape index (κ3) is 5.56. The minimum absolute atomic E-state index is 0.0630. The van der Waals surface area contributed by atoms with Gasteiger partial charge in [-0.2, -0.15) is 13.8 Å². The summed E-state index contributed by atoms with van der Waals surface area (Å²) in [5.41, 5.74) is -2.40. The van der Waals surface area contributed by atoms with E-state index in [0.717, 1.165) is 0 Å². The first-order chi connectivity index (χ1) is 29.7. The number of rotatable bonds is 4. The highest BCUT2D eigenvalue weighted by Crippen LogP contribution is 2.41. The fourth-order valence-electron chi connectivity index (χ4n) is 7.58. The Bertz CT molecular complexity index is 3450. The topological polar surface area (TPSA) is 158 Å². The molecule has 0 fully saturated rings. The number of nitrogens with zero attached hydrogens (tertiary/aromatic N) is 2. The van der Waals surface area contributed by atoms with E-state index >= 15 is 17.6 Å². The molecule has 10 rings (SSSR count). The predicted molar refractivity (Wildman–Crippen MR) is 209 cm³/mol. The second-order valence-corrected chi connectivity index (χ2v) is 13.9. The minimum atomic E-state index is -2.24. The summed E-state index contributed by atoms with van der Waals surface area (Å²) >= 11 is 0. The SMILES string of the molecule is O=C(O)c1ccc(-c2c3nc(c(-c4ccc(C(=O)O)cc4)c4ccc([nH]4)c4c(nc5oc6c(F)c(F)c(F)c(F)c6c5c5ccc2[nH]5)oc2c(F)c(F)c(F)c(F)c24)C=C3)cc1. The highest BCUT2D eigenvalue weighted by molar-refractivity contribution is 6.15. The number of hydrogen-bond acceptors (Lipinski definition) is 6. The van der Waals surface area contributed by atoms with Crippen molar-refractivity contribution in [2.24, 2.45) is 0 Å². The lowest BCUT2D eigenvalue weighted by molar-refractivity contribution is 0.0686. The average molecular weight is 851 g/mol. The van der Waals surface area contributed by atoms with Gasteiger partial charge in [-0.05, 0) is 71.8 Å². The fourth-order valence-corrected chi connectivity index (χ4v) is 7.58. The monoisotopic (exact) mass is 850 g/mol. The molecule has 6 bridgehead atoms. The molecule has 5 aromatic heterocycles. The molecule has 9 aromatic rings. The zero-order valence-electron chi connectivity index (χ0n) is 30.5. The van der Waals surface area contributed by atoms with Gasteiger partial charge >= 0.3 is 11.9 Å². The van der Waals surface area contributed by atoms with Crippen molar-refractivity contribution in [2.45, 2.75) is 0 Å². The van der Waals surface area contributed by atoms with E-state index in [-0.39, 0.29) is 44.6 Å². The Morgan fingerprint density at radius 2 is 0.790 bits per heavy atom. The molecule has 4 N–H and O–H groups in total. The number of furan rings is 2. The van der Waals surface area contributed by atoms with Crippen LogP contribution in [0.5, 0.6) is 0 Å². The first-order valence-electron chi connectivity index (χ1n) is 18.0. The van der Waals surface area contributed by atoms with Crippen LogP contribution in [-0.2, 0) is 0 Å². The van der Waals surface area contributed by atoms with Crippen LogP contribution in [0.3, 0.4) is 0 Å². The smallest absolute Gasteiger partial charge is 0.335 e. The quantitative estimate of drug-likeness (QED) is 0.0774. The largest absolute Gasteiger partial charge is 0.478 e. The van der Waals surface area contributed by atoms with Crippen LogP contribution in [0.15, 0.2) is 81.6 Å². The molecule has 306 valence electrons. The molecular weight excluding hydrogens is 832 g/mol. The number of carbonyl (C=O) groups is 2. The molecule has 0 amide bonds. The third-order valence-electron chi connectivity index (χ3n) is 10.4.